The van der Waals surface area contributed by atoms with Crippen LogP contribution in [0.3, 0.4) is 0 Å². The van der Waals surface area contributed by atoms with Crippen molar-refractivity contribution in [1.29, 1.82) is 0 Å². The lowest BCUT2D eigenvalue weighted by atomic mass is 9.73. The van der Waals surface area contributed by atoms with Crippen molar-refractivity contribution in [2.24, 2.45) is 5.41 Å². The average Bonchev–Trinajstić information content (AvgIpc) is 3.21. The molecule has 39 heavy (non-hydrogen) atoms. The number of hydrogen-bond acceptors (Lipinski definition) is 6. The van der Waals surface area contributed by atoms with Crippen LogP contribution >= 0.6 is 11.6 Å². The van der Waals surface area contributed by atoms with E-state index in [1.807, 2.05) is 26.8 Å². The van der Waals surface area contributed by atoms with Gasteiger partial charge in [-0.1, -0.05) is 41.8 Å². The van der Waals surface area contributed by atoms with Gasteiger partial charge >= 0.3 is 0 Å². The number of piperidine rings is 1. The first-order valence-electron chi connectivity index (χ1n) is 12.9. The lowest BCUT2D eigenvalue weighted by Gasteiger charge is -2.44. The number of fused-ring (bicyclic) bond motifs is 1. The summed E-state index contributed by atoms with van der Waals surface area (Å²) >= 11 is 5.74. The maximum absolute atomic E-state index is 14.1. The van der Waals surface area contributed by atoms with Gasteiger partial charge in [-0.15, -0.1) is 0 Å². The number of pyridine rings is 1. The van der Waals surface area contributed by atoms with Gasteiger partial charge in [-0.25, -0.2) is 28.3 Å². The van der Waals surface area contributed by atoms with Crippen molar-refractivity contribution in [3.05, 3.63) is 81.8 Å². The predicted molar refractivity (Wildman–Crippen MR) is 151 cm³/mol. The molecule has 3 heterocycles. The first kappa shape index (κ1) is 27.7. The van der Waals surface area contributed by atoms with Gasteiger partial charge in [-0.2, -0.15) is 0 Å². The van der Waals surface area contributed by atoms with Crippen LogP contribution in [-0.4, -0.2) is 42.1 Å². The predicted octanol–water partition coefficient (Wildman–Crippen LogP) is 4.49. The van der Waals surface area contributed by atoms with Gasteiger partial charge in [-0.3, -0.25) is 0 Å². The number of anilines is 1. The summed E-state index contributed by atoms with van der Waals surface area (Å²) in [7, 11) is -1.20. The monoisotopic (exact) mass is 567 g/mol. The minimum Gasteiger partial charge on any atom is -0.390 e. The SMILES string of the molecule is CC(C)(C)S(=O)N[C@@H]1c2ccccc2CC12CCN(c1ncc(C#Cc3ccnc(Cl)c3F)nc1CO)CC2. The van der Waals surface area contributed by atoms with Crippen molar-refractivity contribution < 1.29 is 13.7 Å². The minimum absolute atomic E-state index is 0.000888. The molecule has 0 saturated carbocycles. The molecule has 2 N–H and O–H groups in total. The zero-order valence-corrected chi connectivity index (χ0v) is 23.7. The molecule has 0 amide bonds. The number of aliphatic hydroxyl groups is 1. The maximum atomic E-state index is 14.1. The van der Waals surface area contributed by atoms with Gasteiger partial charge in [0.2, 0.25) is 0 Å². The summed E-state index contributed by atoms with van der Waals surface area (Å²) in [6, 6.07) is 9.87. The van der Waals surface area contributed by atoms with E-state index in [-0.39, 0.29) is 33.5 Å². The zero-order valence-electron chi connectivity index (χ0n) is 22.2. The number of aliphatic hydroxyl groups excluding tert-OH is 1. The van der Waals surface area contributed by atoms with Gasteiger partial charge in [0.05, 0.1) is 40.1 Å². The molecule has 5 rings (SSSR count). The van der Waals surface area contributed by atoms with Crippen LogP contribution in [0.5, 0.6) is 0 Å². The molecule has 7 nitrogen and oxygen atoms in total. The summed E-state index contributed by atoms with van der Waals surface area (Å²) in [5.41, 5.74) is 3.33. The average molecular weight is 568 g/mol. The second kappa shape index (κ2) is 10.9. The summed E-state index contributed by atoms with van der Waals surface area (Å²) in [5.74, 6) is 5.45. The van der Waals surface area contributed by atoms with Crippen molar-refractivity contribution in [3.63, 3.8) is 0 Å². The van der Waals surface area contributed by atoms with Gasteiger partial charge in [0.15, 0.2) is 16.8 Å². The molecule has 1 unspecified atom stereocenters. The Kier molecular flexibility index (Phi) is 7.75. The number of aromatic nitrogens is 3. The molecule has 1 fully saturated rings. The number of hydrogen-bond donors (Lipinski definition) is 2. The molecule has 1 aromatic carbocycles. The van der Waals surface area contributed by atoms with Crippen LogP contribution in [-0.2, 0) is 24.0 Å². The van der Waals surface area contributed by atoms with E-state index >= 15 is 0 Å². The van der Waals surface area contributed by atoms with Crippen molar-refractivity contribution in [2.75, 3.05) is 18.0 Å². The van der Waals surface area contributed by atoms with Crippen molar-refractivity contribution in [2.45, 2.75) is 57.4 Å². The molecular weight excluding hydrogens is 537 g/mol. The highest BCUT2D eigenvalue weighted by Gasteiger charge is 2.49. The molecule has 1 aliphatic carbocycles. The second-order valence-corrected chi connectivity index (χ2v) is 13.4. The van der Waals surface area contributed by atoms with Gasteiger partial charge in [-0.05, 0) is 68.6 Å². The zero-order chi connectivity index (χ0) is 27.8. The highest BCUT2D eigenvalue weighted by molar-refractivity contribution is 7.84. The van der Waals surface area contributed by atoms with Crippen LogP contribution in [0.2, 0.25) is 5.15 Å². The van der Waals surface area contributed by atoms with Crippen LogP contribution in [0.1, 0.15) is 67.7 Å². The molecule has 3 aromatic rings. The maximum Gasteiger partial charge on any atom is 0.176 e. The Hall–Kier alpha value is -2.90. The molecule has 1 aliphatic heterocycles. The first-order chi connectivity index (χ1) is 18.6. The molecule has 2 aromatic heterocycles. The van der Waals surface area contributed by atoms with E-state index in [1.54, 1.807) is 0 Å². The lowest BCUT2D eigenvalue weighted by molar-refractivity contribution is 0.177. The van der Waals surface area contributed by atoms with E-state index in [9.17, 15) is 13.7 Å². The minimum atomic E-state index is -1.20. The van der Waals surface area contributed by atoms with Crippen molar-refractivity contribution in [3.8, 4) is 11.8 Å². The van der Waals surface area contributed by atoms with Crippen molar-refractivity contribution >= 4 is 28.4 Å². The number of halogens is 2. The molecule has 1 spiro atoms. The molecule has 0 bridgehead atoms. The van der Waals surface area contributed by atoms with E-state index in [4.69, 9.17) is 11.6 Å². The number of rotatable bonds is 4. The van der Waals surface area contributed by atoms with Gasteiger partial charge in [0.25, 0.3) is 0 Å². The van der Waals surface area contributed by atoms with E-state index in [2.05, 4.69) is 54.6 Å². The Bertz CT molecular complexity index is 1470. The standard InChI is InChI=1S/C29H31ClFN5O2S/c1-28(2,3)39(38)35-25-22-7-5-4-6-20(22)16-29(25)11-14-36(15-12-29)27-23(18-37)34-21(17-33-27)9-8-19-10-13-32-26(30)24(19)31/h4-7,10,13,17,25,35,37H,11-12,14-16,18H2,1-3H3/t25-,39?/m1/s1. The molecular formula is C29H31ClFN5O2S. The Morgan fingerprint density at radius 2 is 1.95 bits per heavy atom. The Balaban J connectivity index is 1.35. The van der Waals surface area contributed by atoms with E-state index < -0.39 is 16.8 Å². The van der Waals surface area contributed by atoms with Crippen molar-refractivity contribution in [1.82, 2.24) is 19.7 Å². The molecule has 2 aliphatic rings. The van der Waals surface area contributed by atoms with Crippen LogP contribution in [0.15, 0.2) is 42.7 Å². The molecule has 10 heteroatoms. The smallest absolute Gasteiger partial charge is 0.176 e. The first-order valence-corrected chi connectivity index (χ1v) is 14.4. The summed E-state index contributed by atoms with van der Waals surface area (Å²) in [4.78, 5) is 14.9. The second-order valence-electron chi connectivity index (χ2n) is 11.1. The highest BCUT2D eigenvalue weighted by atomic mass is 35.5. The summed E-state index contributed by atoms with van der Waals surface area (Å²) < 4.78 is 30.4. The van der Waals surface area contributed by atoms with Crippen LogP contribution in [0, 0.1) is 23.1 Å². The van der Waals surface area contributed by atoms with Gasteiger partial charge < -0.3 is 10.0 Å². The fourth-order valence-corrected chi connectivity index (χ4v) is 6.49. The molecule has 0 radical (unpaired) electrons. The fourth-order valence-electron chi connectivity index (χ4n) is 5.39. The molecule has 1 saturated heterocycles. The van der Waals surface area contributed by atoms with Crippen LogP contribution < -0.4 is 9.62 Å². The third-order valence-corrected chi connectivity index (χ3v) is 9.33. The third kappa shape index (κ3) is 5.57. The fraction of sp³-hybridized carbons (Fsp3) is 0.414. The van der Waals surface area contributed by atoms with Gasteiger partial charge in [0.1, 0.15) is 11.4 Å². The third-order valence-electron chi connectivity index (χ3n) is 7.51. The largest absolute Gasteiger partial charge is 0.390 e. The summed E-state index contributed by atoms with van der Waals surface area (Å²) in [6.45, 7) is 7.10. The highest BCUT2D eigenvalue weighted by Crippen LogP contribution is 2.52. The number of benzene rings is 1. The molecule has 2 atom stereocenters. The van der Waals surface area contributed by atoms with E-state index in [0.717, 1.165) is 32.4 Å². The quantitative estimate of drug-likeness (QED) is 0.356. The Morgan fingerprint density at radius 3 is 2.67 bits per heavy atom. The number of nitrogens with zero attached hydrogens (tertiary/aromatic N) is 4. The normalized spacial score (nSPS) is 18.9. The van der Waals surface area contributed by atoms with E-state index in [1.165, 1.54) is 29.6 Å². The van der Waals surface area contributed by atoms with Crippen LogP contribution in [0.4, 0.5) is 10.2 Å². The summed E-state index contributed by atoms with van der Waals surface area (Å²) in [6.07, 6.45) is 5.59. The Labute approximate surface area is 235 Å². The summed E-state index contributed by atoms with van der Waals surface area (Å²) in [5, 5.41) is 9.83. The van der Waals surface area contributed by atoms with Gasteiger partial charge in [0, 0.05) is 19.3 Å². The molecule has 204 valence electrons. The number of nitrogens with one attached hydrogen (secondary N) is 1. The van der Waals surface area contributed by atoms with Crippen LogP contribution in [0.25, 0.3) is 0 Å². The van der Waals surface area contributed by atoms with E-state index in [0.29, 0.717) is 17.2 Å². The topological polar surface area (TPSA) is 91.2 Å². The Morgan fingerprint density at radius 1 is 1.21 bits per heavy atom. The lowest BCUT2D eigenvalue weighted by Crippen LogP contribution is -2.48.